The topological polar surface area (TPSA) is 28.0 Å². The van der Waals surface area contributed by atoms with Gasteiger partial charge in [-0.3, -0.25) is 5.01 Å². The molecule has 0 aromatic heterocycles. The zero-order chi connectivity index (χ0) is 9.84. The third-order valence-corrected chi connectivity index (χ3v) is 1.76. The van der Waals surface area contributed by atoms with Crippen LogP contribution in [0.4, 0.5) is 5.69 Å². The highest BCUT2D eigenvalue weighted by Gasteiger charge is 1.99. The monoisotopic (exact) mass is 177 g/mol. The average molecular weight is 177 g/mol. The maximum atomic E-state index is 4.16. The van der Waals surface area contributed by atoms with Crippen molar-refractivity contribution in [3.63, 3.8) is 0 Å². The Balaban J connectivity index is 3.00. The number of benzene rings is 1. The van der Waals surface area contributed by atoms with Gasteiger partial charge in [-0.25, -0.2) is 0 Å². The summed E-state index contributed by atoms with van der Waals surface area (Å²) in [6, 6.07) is 6.10. The van der Waals surface area contributed by atoms with Crippen LogP contribution in [0.5, 0.6) is 0 Å². The first-order valence-corrected chi connectivity index (χ1v) is 4.26. The molecule has 0 atom stereocenters. The summed E-state index contributed by atoms with van der Waals surface area (Å²) in [6.45, 7) is 4.08. The normalized spacial score (nSPS) is 10.8. The zero-order valence-electron chi connectivity index (χ0n) is 8.57. The zero-order valence-corrected chi connectivity index (χ0v) is 8.57. The van der Waals surface area contributed by atoms with Crippen molar-refractivity contribution < 1.29 is 0 Å². The van der Waals surface area contributed by atoms with Crippen molar-refractivity contribution in [1.82, 2.24) is 5.01 Å². The molecule has 70 valence electrons. The average Bonchev–Trinajstić information content (AvgIpc) is 2.03. The molecule has 1 aromatic carbocycles. The molecular weight excluding hydrogens is 162 g/mol. The van der Waals surface area contributed by atoms with E-state index in [9.17, 15) is 0 Å². The van der Waals surface area contributed by atoms with Gasteiger partial charge in [0.15, 0.2) is 0 Å². The molecule has 0 unspecified atom stereocenters. The first-order valence-electron chi connectivity index (χ1n) is 4.26. The fourth-order valence-corrected chi connectivity index (χ4v) is 1.10. The Hall–Kier alpha value is -1.38. The van der Waals surface area contributed by atoms with E-state index in [1.165, 1.54) is 0 Å². The number of aryl methyl sites for hydroxylation is 2. The molecule has 0 N–H and O–H groups in total. The van der Waals surface area contributed by atoms with Crippen molar-refractivity contribution in [2.24, 2.45) is 10.3 Å². The highest BCUT2D eigenvalue weighted by molar-refractivity contribution is 5.50. The van der Waals surface area contributed by atoms with Crippen molar-refractivity contribution in [2.75, 3.05) is 14.1 Å². The number of nitrogens with zero attached hydrogens (tertiary/aromatic N) is 3. The lowest BCUT2D eigenvalue weighted by atomic mass is 10.1. The largest absolute Gasteiger partial charge is 0.285 e. The van der Waals surface area contributed by atoms with E-state index in [4.69, 9.17) is 0 Å². The number of hydrogen-bond donors (Lipinski definition) is 0. The summed E-state index contributed by atoms with van der Waals surface area (Å²) in [4.78, 5) is 0. The lowest BCUT2D eigenvalue weighted by Gasteiger charge is -2.04. The van der Waals surface area contributed by atoms with Crippen molar-refractivity contribution in [3.8, 4) is 0 Å². The van der Waals surface area contributed by atoms with E-state index in [-0.39, 0.29) is 0 Å². The molecule has 0 fully saturated rings. The molecule has 1 rings (SSSR count). The van der Waals surface area contributed by atoms with Gasteiger partial charge in [0.2, 0.25) is 0 Å². The first kappa shape index (κ1) is 9.71. The van der Waals surface area contributed by atoms with E-state index < -0.39 is 0 Å². The fraction of sp³-hybridized carbons (Fsp3) is 0.400. The molecule has 0 bridgehead atoms. The quantitative estimate of drug-likeness (QED) is 0.504. The van der Waals surface area contributed by atoms with Crippen LogP contribution < -0.4 is 0 Å². The summed E-state index contributed by atoms with van der Waals surface area (Å²) in [5.41, 5.74) is 3.28. The highest BCUT2D eigenvalue weighted by atomic mass is 15.5. The van der Waals surface area contributed by atoms with E-state index >= 15 is 0 Å². The Kier molecular flexibility index (Phi) is 3.01. The molecule has 13 heavy (non-hydrogen) atoms. The Bertz CT molecular complexity index is 296. The molecule has 0 spiro atoms. The van der Waals surface area contributed by atoms with Gasteiger partial charge in [-0.05, 0) is 25.0 Å². The number of hydrogen-bond acceptors (Lipinski definition) is 2. The predicted octanol–water partition coefficient (Wildman–Crippen LogP) is 2.86. The maximum absolute atomic E-state index is 4.16. The molecular formula is C10H15N3. The van der Waals surface area contributed by atoms with Crippen molar-refractivity contribution in [2.45, 2.75) is 13.8 Å². The maximum Gasteiger partial charge on any atom is 0.0932 e. The highest BCUT2D eigenvalue weighted by Crippen LogP contribution is 2.23. The van der Waals surface area contributed by atoms with Gasteiger partial charge in [0, 0.05) is 14.1 Å². The van der Waals surface area contributed by atoms with Crippen LogP contribution in [0.2, 0.25) is 0 Å². The molecule has 0 aliphatic rings. The first-order chi connectivity index (χ1) is 6.11. The van der Waals surface area contributed by atoms with Gasteiger partial charge in [-0.1, -0.05) is 23.4 Å². The van der Waals surface area contributed by atoms with Gasteiger partial charge < -0.3 is 0 Å². The van der Waals surface area contributed by atoms with Crippen LogP contribution in [-0.2, 0) is 0 Å². The van der Waals surface area contributed by atoms with E-state index in [2.05, 4.69) is 10.3 Å². The third-order valence-electron chi connectivity index (χ3n) is 1.76. The Morgan fingerprint density at radius 3 is 2.08 bits per heavy atom. The number of rotatable bonds is 2. The molecule has 3 nitrogen and oxygen atoms in total. The third kappa shape index (κ3) is 2.54. The Morgan fingerprint density at radius 1 is 1.08 bits per heavy atom. The van der Waals surface area contributed by atoms with Crippen LogP contribution in [0, 0.1) is 13.8 Å². The summed E-state index contributed by atoms with van der Waals surface area (Å²) in [7, 11) is 3.72. The van der Waals surface area contributed by atoms with Crippen LogP contribution >= 0.6 is 0 Å². The lowest BCUT2D eigenvalue weighted by Crippen LogP contribution is -1.99. The second-order valence-electron chi connectivity index (χ2n) is 3.28. The minimum Gasteiger partial charge on any atom is -0.285 e. The van der Waals surface area contributed by atoms with E-state index in [0.29, 0.717) is 0 Å². The minimum atomic E-state index is 0.969. The second-order valence-corrected chi connectivity index (χ2v) is 3.28. The smallest absolute Gasteiger partial charge is 0.0932 e. The molecule has 0 heterocycles. The van der Waals surface area contributed by atoms with Gasteiger partial charge in [0.25, 0.3) is 0 Å². The van der Waals surface area contributed by atoms with E-state index in [1.807, 2.05) is 46.1 Å². The molecule has 0 saturated heterocycles. The fourth-order valence-electron chi connectivity index (χ4n) is 1.10. The van der Waals surface area contributed by atoms with Gasteiger partial charge in [-0.2, -0.15) is 0 Å². The molecule has 0 saturated carbocycles. The van der Waals surface area contributed by atoms with Crippen molar-refractivity contribution in [1.29, 1.82) is 0 Å². The summed E-state index contributed by atoms with van der Waals surface area (Å²) in [6.07, 6.45) is 0. The Labute approximate surface area is 79.1 Å². The molecule has 0 radical (unpaired) electrons. The minimum absolute atomic E-state index is 0.969. The summed E-state index contributed by atoms with van der Waals surface area (Å²) < 4.78 is 0. The van der Waals surface area contributed by atoms with E-state index in [0.717, 1.165) is 16.8 Å². The molecule has 3 heteroatoms. The SMILES string of the molecule is Cc1cccc(C)c1N=NN(C)C. The van der Waals surface area contributed by atoms with Crippen LogP contribution in [0.3, 0.4) is 0 Å². The summed E-state index contributed by atoms with van der Waals surface area (Å²) >= 11 is 0. The van der Waals surface area contributed by atoms with E-state index in [1.54, 1.807) is 5.01 Å². The van der Waals surface area contributed by atoms with Crippen LogP contribution in [-0.4, -0.2) is 19.1 Å². The summed E-state index contributed by atoms with van der Waals surface area (Å²) in [5, 5.41) is 9.82. The molecule has 0 amide bonds. The predicted molar refractivity (Wildman–Crippen MR) is 54.1 cm³/mol. The Morgan fingerprint density at radius 2 is 1.62 bits per heavy atom. The van der Waals surface area contributed by atoms with Crippen LogP contribution in [0.1, 0.15) is 11.1 Å². The standard InChI is InChI=1S/C10H15N3/c1-8-6-5-7-9(2)10(8)11-12-13(3)4/h5-7H,1-4H3. The van der Waals surface area contributed by atoms with Gasteiger partial charge in [-0.15, -0.1) is 5.11 Å². The second kappa shape index (κ2) is 4.03. The van der Waals surface area contributed by atoms with Crippen molar-refractivity contribution >= 4 is 5.69 Å². The molecule has 0 aliphatic heterocycles. The summed E-state index contributed by atoms with van der Waals surface area (Å²) in [5.74, 6) is 0. The van der Waals surface area contributed by atoms with Gasteiger partial charge in [0.1, 0.15) is 0 Å². The van der Waals surface area contributed by atoms with Gasteiger partial charge in [0.05, 0.1) is 5.69 Å². The van der Waals surface area contributed by atoms with Crippen LogP contribution in [0.15, 0.2) is 28.5 Å². The lowest BCUT2D eigenvalue weighted by molar-refractivity contribution is 0.408. The molecule has 1 aromatic rings. The molecule has 0 aliphatic carbocycles. The van der Waals surface area contributed by atoms with Gasteiger partial charge >= 0.3 is 0 Å². The van der Waals surface area contributed by atoms with Crippen LogP contribution in [0.25, 0.3) is 0 Å². The van der Waals surface area contributed by atoms with Crippen molar-refractivity contribution in [3.05, 3.63) is 29.3 Å².